The summed E-state index contributed by atoms with van der Waals surface area (Å²) in [5.41, 5.74) is 1.02. The third-order valence-corrected chi connectivity index (χ3v) is 3.14. The van der Waals surface area contributed by atoms with E-state index in [1.807, 2.05) is 6.92 Å². The summed E-state index contributed by atoms with van der Waals surface area (Å²) in [7, 11) is 1.65. The van der Waals surface area contributed by atoms with Gasteiger partial charge in [-0.1, -0.05) is 6.92 Å². The van der Waals surface area contributed by atoms with Crippen molar-refractivity contribution in [1.29, 1.82) is 0 Å². The lowest BCUT2D eigenvalue weighted by molar-refractivity contribution is 0.388. The van der Waals surface area contributed by atoms with Crippen molar-refractivity contribution in [1.82, 2.24) is 15.3 Å². The molecular formula is C12H20N4O. The van der Waals surface area contributed by atoms with Crippen molar-refractivity contribution >= 4 is 5.82 Å². The number of rotatable bonds is 5. The minimum absolute atomic E-state index is 0.549. The van der Waals surface area contributed by atoms with Crippen LogP contribution in [-0.4, -0.2) is 42.8 Å². The zero-order chi connectivity index (χ0) is 12.3. The van der Waals surface area contributed by atoms with Crippen LogP contribution in [0.2, 0.25) is 0 Å². The normalized spacial score (nSPS) is 15.5. The van der Waals surface area contributed by atoms with E-state index in [2.05, 4.69) is 27.1 Å². The second kappa shape index (κ2) is 5.31. The molecule has 0 spiro atoms. The molecule has 17 heavy (non-hydrogen) atoms. The lowest BCUT2D eigenvalue weighted by atomic mass is 10.1. The summed E-state index contributed by atoms with van der Waals surface area (Å²) in [5.74, 6) is 1.67. The molecule has 2 heterocycles. The first kappa shape index (κ1) is 12.1. The van der Waals surface area contributed by atoms with Crippen LogP contribution in [0.15, 0.2) is 6.33 Å². The highest BCUT2D eigenvalue weighted by Crippen LogP contribution is 2.26. The summed E-state index contributed by atoms with van der Waals surface area (Å²) in [6, 6.07) is 0.549. The molecule has 1 fully saturated rings. The van der Waals surface area contributed by atoms with Crippen LogP contribution in [0, 0.1) is 6.92 Å². The van der Waals surface area contributed by atoms with Gasteiger partial charge in [0.1, 0.15) is 12.1 Å². The number of hydrogen-bond acceptors (Lipinski definition) is 5. The first-order valence-corrected chi connectivity index (χ1v) is 6.10. The van der Waals surface area contributed by atoms with Crippen molar-refractivity contribution in [2.75, 3.05) is 31.6 Å². The van der Waals surface area contributed by atoms with E-state index >= 15 is 0 Å². The predicted molar refractivity (Wildman–Crippen MR) is 67.6 cm³/mol. The number of nitrogens with zero attached hydrogens (tertiary/aromatic N) is 3. The number of ether oxygens (including phenoxy) is 1. The fourth-order valence-corrected chi connectivity index (χ4v) is 2.12. The summed E-state index contributed by atoms with van der Waals surface area (Å²) < 4.78 is 5.25. The fourth-order valence-electron chi connectivity index (χ4n) is 2.12. The maximum absolute atomic E-state index is 5.25. The molecule has 1 N–H and O–H groups in total. The van der Waals surface area contributed by atoms with E-state index in [1.54, 1.807) is 13.4 Å². The van der Waals surface area contributed by atoms with Crippen molar-refractivity contribution in [2.24, 2.45) is 0 Å². The SMILES string of the molecule is CCCN(c1ncnc(OC)c1C)C1CNC1. The maximum Gasteiger partial charge on any atom is 0.221 e. The molecule has 2 rings (SSSR count). The minimum Gasteiger partial charge on any atom is -0.481 e. The number of aromatic nitrogens is 2. The molecule has 0 aliphatic carbocycles. The van der Waals surface area contributed by atoms with Gasteiger partial charge in [0.05, 0.1) is 18.7 Å². The Balaban J connectivity index is 2.28. The van der Waals surface area contributed by atoms with Crippen LogP contribution < -0.4 is 15.0 Å². The molecular weight excluding hydrogens is 216 g/mol. The van der Waals surface area contributed by atoms with Gasteiger partial charge in [0, 0.05) is 19.6 Å². The van der Waals surface area contributed by atoms with Gasteiger partial charge in [0.15, 0.2) is 0 Å². The zero-order valence-electron chi connectivity index (χ0n) is 10.7. The lowest BCUT2D eigenvalue weighted by Gasteiger charge is -2.39. The van der Waals surface area contributed by atoms with Gasteiger partial charge < -0.3 is 15.0 Å². The quantitative estimate of drug-likeness (QED) is 0.826. The van der Waals surface area contributed by atoms with Gasteiger partial charge in [-0.3, -0.25) is 0 Å². The molecule has 94 valence electrons. The minimum atomic E-state index is 0.549. The average Bonchev–Trinajstić information content (AvgIpc) is 2.26. The van der Waals surface area contributed by atoms with E-state index in [1.165, 1.54) is 0 Å². The highest BCUT2D eigenvalue weighted by molar-refractivity contribution is 5.51. The molecule has 0 bridgehead atoms. The van der Waals surface area contributed by atoms with Gasteiger partial charge in [-0.05, 0) is 13.3 Å². The van der Waals surface area contributed by atoms with Crippen LogP contribution in [0.5, 0.6) is 5.88 Å². The van der Waals surface area contributed by atoms with Gasteiger partial charge >= 0.3 is 0 Å². The van der Waals surface area contributed by atoms with Crippen molar-refractivity contribution in [3.8, 4) is 5.88 Å². The topological polar surface area (TPSA) is 50.3 Å². The Kier molecular flexibility index (Phi) is 3.78. The number of hydrogen-bond donors (Lipinski definition) is 1. The van der Waals surface area contributed by atoms with Crippen molar-refractivity contribution in [3.63, 3.8) is 0 Å². The Bertz CT molecular complexity index is 379. The number of anilines is 1. The van der Waals surface area contributed by atoms with Crippen molar-refractivity contribution < 1.29 is 4.74 Å². The van der Waals surface area contributed by atoms with Gasteiger partial charge in [0.2, 0.25) is 5.88 Å². The summed E-state index contributed by atoms with van der Waals surface area (Å²) in [6.45, 7) is 7.29. The van der Waals surface area contributed by atoms with Crippen LogP contribution in [0.4, 0.5) is 5.82 Å². The van der Waals surface area contributed by atoms with Gasteiger partial charge in [0.25, 0.3) is 0 Å². The predicted octanol–water partition coefficient (Wildman–Crippen LogP) is 0.982. The largest absolute Gasteiger partial charge is 0.481 e. The third-order valence-electron chi connectivity index (χ3n) is 3.14. The molecule has 5 heteroatoms. The molecule has 0 aromatic carbocycles. The van der Waals surface area contributed by atoms with E-state index in [-0.39, 0.29) is 0 Å². The number of nitrogens with one attached hydrogen (secondary N) is 1. The third kappa shape index (κ3) is 2.34. The van der Waals surface area contributed by atoms with E-state index in [4.69, 9.17) is 4.74 Å². The van der Waals surface area contributed by atoms with Crippen LogP contribution in [0.1, 0.15) is 18.9 Å². The molecule has 1 saturated heterocycles. The van der Waals surface area contributed by atoms with E-state index in [0.29, 0.717) is 11.9 Å². The van der Waals surface area contributed by atoms with Crippen molar-refractivity contribution in [2.45, 2.75) is 26.3 Å². The summed E-state index contributed by atoms with van der Waals surface area (Å²) in [5, 5.41) is 3.30. The van der Waals surface area contributed by atoms with E-state index in [0.717, 1.165) is 37.4 Å². The van der Waals surface area contributed by atoms with Crippen molar-refractivity contribution in [3.05, 3.63) is 11.9 Å². The van der Waals surface area contributed by atoms with Crippen LogP contribution >= 0.6 is 0 Å². The van der Waals surface area contributed by atoms with E-state index < -0.39 is 0 Å². The molecule has 5 nitrogen and oxygen atoms in total. The highest BCUT2D eigenvalue weighted by Gasteiger charge is 2.26. The molecule has 0 radical (unpaired) electrons. The summed E-state index contributed by atoms with van der Waals surface area (Å²) in [4.78, 5) is 10.9. The summed E-state index contributed by atoms with van der Waals surface area (Å²) >= 11 is 0. The molecule has 0 saturated carbocycles. The average molecular weight is 236 g/mol. The Morgan fingerprint density at radius 2 is 2.24 bits per heavy atom. The van der Waals surface area contributed by atoms with Crippen LogP contribution in [0.25, 0.3) is 0 Å². The van der Waals surface area contributed by atoms with Gasteiger partial charge in [-0.2, -0.15) is 0 Å². The second-order valence-electron chi connectivity index (χ2n) is 4.34. The Morgan fingerprint density at radius 3 is 2.76 bits per heavy atom. The maximum atomic E-state index is 5.25. The van der Waals surface area contributed by atoms with Crippen LogP contribution in [0.3, 0.4) is 0 Å². The molecule has 1 aliphatic heterocycles. The zero-order valence-corrected chi connectivity index (χ0v) is 10.7. The smallest absolute Gasteiger partial charge is 0.221 e. The fraction of sp³-hybridized carbons (Fsp3) is 0.667. The number of methoxy groups -OCH3 is 1. The lowest BCUT2D eigenvalue weighted by Crippen LogP contribution is -2.58. The Labute approximate surface area is 102 Å². The monoisotopic (exact) mass is 236 g/mol. The second-order valence-corrected chi connectivity index (χ2v) is 4.34. The first-order valence-electron chi connectivity index (χ1n) is 6.10. The van der Waals surface area contributed by atoms with Crippen LogP contribution in [-0.2, 0) is 0 Å². The van der Waals surface area contributed by atoms with E-state index in [9.17, 15) is 0 Å². The highest BCUT2D eigenvalue weighted by atomic mass is 16.5. The standard InChI is InChI=1S/C12H20N4O/c1-4-5-16(10-6-13-7-10)11-9(2)12(17-3)15-8-14-11/h8,10,13H,4-7H2,1-3H3. The molecule has 0 atom stereocenters. The van der Waals surface area contributed by atoms with Gasteiger partial charge in [-0.15, -0.1) is 0 Å². The first-order chi connectivity index (χ1) is 8.27. The molecule has 0 amide bonds. The molecule has 1 aliphatic rings. The summed E-state index contributed by atoms with van der Waals surface area (Å²) in [6.07, 6.45) is 2.69. The Hall–Kier alpha value is -1.36. The Morgan fingerprint density at radius 1 is 1.47 bits per heavy atom. The molecule has 1 aromatic heterocycles. The van der Waals surface area contributed by atoms with Gasteiger partial charge in [-0.25, -0.2) is 9.97 Å². The molecule has 1 aromatic rings. The molecule has 0 unspecified atom stereocenters.